The zero-order chi connectivity index (χ0) is 16.8. The molecule has 128 valence electrons. The van der Waals surface area contributed by atoms with E-state index in [-0.39, 0.29) is 0 Å². The van der Waals surface area contributed by atoms with Gasteiger partial charge >= 0.3 is 0 Å². The van der Waals surface area contributed by atoms with Gasteiger partial charge in [0, 0.05) is 18.6 Å². The monoisotopic (exact) mass is 326 g/mol. The highest BCUT2D eigenvalue weighted by Crippen LogP contribution is 2.29. The molecule has 4 heteroatoms. The van der Waals surface area contributed by atoms with E-state index in [2.05, 4.69) is 53.1 Å². The smallest absolute Gasteiger partial charge is 0.161 e. The van der Waals surface area contributed by atoms with Gasteiger partial charge in [-0.2, -0.15) is 0 Å². The fourth-order valence-corrected chi connectivity index (χ4v) is 3.28. The molecule has 4 nitrogen and oxygen atoms in total. The Hall–Kier alpha value is -2.04. The molecular weight excluding hydrogens is 300 g/mol. The average Bonchev–Trinajstić information content (AvgIpc) is 3.10. The van der Waals surface area contributed by atoms with Crippen LogP contribution in [0.2, 0.25) is 0 Å². The summed E-state index contributed by atoms with van der Waals surface area (Å²) in [6, 6.07) is 17.6. The van der Waals surface area contributed by atoms with Crippen molar-refractivity contribution in [1.29, 1.82) is 0 Å². The van der Waals surface area contributed by atoms with Gasteiger partial charge in [-0.15, -0.1) is 0 Å². The van der Waals surface area contributed by atoms with Crippen molar-refractivity contribution in [2.75, 3.05) is 20.3 Å². The van der Waals surface area contributed by atoms with Crippen molar-refractivity contribution in [2.24, 2.45) is 0 Å². The second-order valence-electron chi connectivity index (χ2n) is 6.04. The van der Waals surface area contributed by atoms with Crippen LogP contribution in [0.4, 0.5) is 0 Å². The van der Waals surface area contributed by atoms with E-state index in [1.165, 1.54) is 11.1 Å². The van der Waals surface area contributed by atoms with Gasteiger partial charge in [0.2, 0.25) is 0 Å². The zero-order valence-electron chi connectivity index (χ0n) is 14.4. The molecular formula is C20H26N2O2. The van der Waals surface area contributed by atoms with E-state index in [0.29, 0.717) is 18.7 Å². The van der Waals surface area contributed by atoms with Crippen LogP contribution < -0.4 is 20.1 Å². The Morgan fingerprint density at radius 1 is 1.12 bits per heavy atom. The molecule has 1 saturated heterocycles. The maximum Gasteiger partial charge on any atom is 0.161 e. The van der Waals surface area contributed by atoms with Gasteiger partial charge in [0.1, 0.15) is 0 Å². The second kappa shape index (κ2) is 8.18. The molecule has 2 unspecified atom stereocenters. The van der Waals surface area contributed by atoms with Crippen LogP contribution in [0.5, 0.6) is 11.5 Å². The van der Waals surface area contributed by atoms with Gasteiger partial charge in [0.05, 0.1) is 13.7 Å². The van der Waals surface area contributed by atoms with Crippen LogP contribution >= 0.6 is 0 Å². The fraction of sp³-hybridized carbons (Fsp3) is 0.400. The van der Waals surface area contributed by atoms with Gasteiger partial charge in [-0.05, 0) is 43.1 Å². The molecule has 0 saturated carbocycles. The van der Waals surface area contributed by atoms with Crippen molar-refractivity contribution in [1.82, 2.24) is 10.6 Å². The molecule has 2 aromatic carbocycles. The predicted octanol–water partition coefficient (Wildman–Crippen LogP) is 3.29. The molecule has 2 N–H and O–H groups in total. The van der Waals surface area contributed by atoms with Crippen molar-refractivity contribution in [3.05, 3.63) is 59.7 Å². The fourth-order valence-electron chi connectivity index (χ4n) is 3.28. The van der Waals surface area contributed by atoms with Crippen LogP contribution in [0.15, 0.2) is 48.5 Å². The van der Waals surface area contributed by atoms with E-state index in [4.69, 9.17) is 9.47 Å². The third-order valence-electron chi connectivity index (χ3n) is 4.48. The number of ether oxygens (including phenoxy) is 2. The number of rotatable bonds is 7. The molecule has 0 radical (unpaired) electrons. The van der Waals surface area contributed by atoms with Crippen LogP contribution in [0.3, 0.4) is 0 Å². The molecule has 0 amide bonds. The Morgan fingerprint density at radius 2 is 1.96 bits per heavy atom. The van der Waals surface area contributed by atoms with Gasteiger partial charge in [-0.1, -0.05) is 36.4 Å². The van der Waals surface area contributed by atoms with Gasteiger partial charge in [-0.25, -0.2) is 0 Å². The molecule has 0 bridgehead atoms. The van der Waals surface area contributed by atoms with E-state index in [9.17, 15) is 0 Å². The highest BCUT2D eigenvalue weighted by atomic mass is 16.5. The minimum Gasteiger partial charge on any atom is -0.493 e. The van der Waals surface area contributed by atoms with Crippen molar-refractivity contribution in [2.45, 2.75) is 32.0 Å². The Kier molecular flexibility index (Phi) is 5.72. The van der Waals surface area contributed by atoms with Gasteiger partial charge in [0.15, 0.2) is 11.5 Å². The Labute approximate surface area is 144 Å². The Bertz CT molecular complexity index is 645. The summed E-state index contributed by atoms with van der Waals surface area (Å²) >= 11 is 0. The van der Waals surface area contributed by atoms with Crippen LogP contribution in [0.25, 0.3) is 0 Å². The normalized spacial score (nSPS) is 20.1. The Balaban J connectivity index is 1.65. The first kappa shape index (κ1) is 16.8. The van der Waals surface area contributed by atoms with E-state index in [0.717, 1.165) is 31.0 Å². The number of hydrogen-bond acceptors (Lipinski definition) is 4. The first-order valence-corrected chi connectivity index (χ1v) is 8.63. The van der Waals surface area contributed by atoms with Gasteiger partial charge in [-0.3, -0.25) is 0 Å². The molecule has 1 heterocycles. The average molecular weight is 326 g/mol. The summed E-state index contributed by atoms with van der Waals surface area (Å²) in [6.45, 7) is 4.48. The molecule has 3 rings (SSSR count). The number of hydrogen-bond donors (Lipinski definition) is 2. The first-order chi connectivity index (χ1) is 11.8. The van der Waals surface area contributed by atoms with Crippen LogP contribution in [0.1, 0.15) is 30.5 Å². The molecule has 0 spiro atoms. The maximum absolute atomic E-state index is 5.67. The number of methoxy groups -OCH3 is 1. The van der Waals surface area contributed by atoms with E-state index in [1.54, 1.807) is 7.11 Å². The highest BCUT2D eigenvalue weighted by molar-refractivity contribution is 5.43. The second-order valence-corrected chi connectivity index (χ2v) is 6.04. The van der Waals surface area contributed by atoms with Crippen molar-refractivity contribution >= 4 is 0 Å². The van der Waals surface area contributed by atoms with E-state index in [1.807, 2.05) is 13.0 Å². The molecule has 1 fully saturated rings. The molecule has 0 aromatic heterocycles. The third kappa shape index (κ3) is 3.89. The lowest BCUT2D eigenvalue weighted by molar-refractivity contribution is 0.310. The van der Waals surface area contributed by atoms with Crippen LogP contribution in [-0.4, -0.2) is 26.3 Å². The quantitative estimate of drug-likeness (QED) is 0.819. The summed E-state index contributed by atoms with van der Waals surface area (Å²) in [5.41, 5.74) is 2.55. The van der Waals surface area contributed by atoms with Crippen LogP contribution in [-0.2, 0) is 6.54 Å². The highest BCUT2D eigenvalue weighted by Gasteiger charge is 2.27. The lowest BCUT2D eigenvalue weighted by Crippen LogP contribution is -2.33. The van der Waals surface area contributed by atoms with E-state index < -0.39 is 0 Å². The topological polar surface area (TPSA) is 42.5 Å². The molecule has 1 aliphatic rings. The van der Waals surface area contributed by atoms with Gasteiger partial charge in [0.25, 0.3) is 0 Å². The lowest BCUT2D eigenvalue weighted by atomic mass is 10.0. The summed E-state index contributed by atoms with van der Waals surface area (Å²) in [5, 5.41) is 7.30. The number of benzene rings is 2. The molecule has 0 aliphatic carbocycles. The van der Waals surface area contributed by atoms with Crippen molar-refractivity contribution < 1.29 is 9.47 Å². The minimum absolute atomic E-state index is 0.371. The number of nitrogens with one attached hydrogen (secondary N) is 2. The van der Waals surface area contributed by atoms with Crippen molar-refractivity contribution in [3.8, 4) is 11.5 Å². The first-order valence-electron chi connectivity index (χ1n) is 8.63. The Morgan fingerprint density at radius 3 is 2.71 bits per heavy atom. The largest absolute Gasteiger partial charge is 0.493 e. The summed E-state index contributed by atoms with van der Waals surface area (Å²) in [7, 11) is 1.67. The summed E-state index contributed by atoms with van der Waals surface area (Å²) in [5.74, 6) is 1.59. The lowest BCUT2D eigenvalue weighted by Gasteiger charge is -2.21. The zero-order valence-corrected chi connectivity index (χ0v) is 14.4. The molecule has 1 aliphatic heterocycles. The van der Waals surface area contributed by atoms with Gasteiger partial charge < -0.3 is 20.1 Å². The van der Waals surface area contributed by atoms with E-state index >= 15 is 0 Å². The summed E-state index contributed by atoms with van der Waals surface area (Å²) in [6.07, 6.45) is 1.13. The summed E-state index contributed by atoms with van der Waals surface area (Å²) in [4.78, 5) is 0. The molecule has 2 aromatic rings. The maximum atomic E-state index is 5.67. The minimum atomic E-state index is 0.371. The SMILES string of the molecule is CCOc1cc(CNC2CCNC2c2ccccc2)ccc1OC. The summed E-state index contributed by atoms with van der Waals surface area (Å²) < 4.78 is 11.0. The van der Waals surface area contributed by atoms with Crippen LogP contribution in [0, 0.1) is 0 Å². The van der Waals surface area contributed by atoms with Crippen molar-refractivity contribution in [3.63, 3.8) is 0 Å². The molecule has 2 atom stereocenters. The third-order valence-corrected chi connectivity index (χ3v) is 4.48. The standard InChI is InChI=1S/C20H26N2O2/c1-3-24-19-13-15(9-10-18(19)23-2)14-22-17-11-12-21-20(17)16-7-5-4-6-8-16/h4-10,13,17,20-22H,3,11-12,14H2,1-2H3. The predicted molar refractivity (Wildman–Crippen MR) is 96.6 cm³/mol. The molecule has 24 heavy (non-hydrogen) atoms.